The summed E-state index contributed by atoms with van der Waals surface area (Å²) < 4.78 is 11.3. The van der Waals surface area contributed by atoms with Gasteiger partial charge in [0, 0.05) is 23.4 Å². The van der Waals surface area contributed by atoms with Gasteiger partial charge in [0.2, 0.25) is 5.88 Å². The van der Waals surface area contributed by atoms with Gasteiger partial charge in [0.25, 0.3) is 0 Å². The molecule has 1 aromatic carbocycles. The number of ether oxygens (including phenoxy) is 1. The molecule has 4 rings (SSSR count). The van der Waals surface area contributed by atoms with Crippen LogP contribution in [0.1, 0.15) is 17.5 Å². The molecule has 0 spiro atoms. The van der Waals surface area contributed by atoms with Crippen LogP contribution in [0.3, 0.4) is 0 Å². The number of nitrogen functional groups attached to an aromatic ring is 1. The van der Waals surface area contributed by atoms with Crippen LogP contribution in [0.25, 0.3) is 22.6 Å². The highest BCUT2D eigenvalue weighted by atomic mass is 16.5. The Bertz CT molecular complexity index is 1150. The molecule has 148 valence electrons. The molecule has 6 nitrogen and oxygen atoms in total. The minimum Gasteiger partial charge on any atom is -0.478 e. The second kappa shape index (κ2) is 8.93. The van der Waals surface area contributed by atoms with Gasteiger partial charge in [-0.25, -0.2) is 9.97 Å². The van der Waals surface area contributed by atoms with Crippen LogP contribution in [0, 0.1) is 11.3 Å². The fourth-order valence-corrected chi connectivity index (χ4v) is 3.16. The summed E-state index contributed by atoms with van der Waals surface area (Å²) in [5.74, 6) is 1.29. The number of aryl methyl sites for hydroxylation is 1. The van der Waals surface area contributed by atoms with Gasteiger partial charge in [-0.05, 0) is 42.7 Å². The van der Waals surface area contributed by atoms with Crippen LogP contribution < -0.4 is 10.5 Å². The predicted molar refractivity (Wildman–Crippen MR) is 115 cm³/mol. The average Bonchev–Trinajstić information content (AvgIpc) is 3.33. The standard InChI is InChI=1S/C24H20N4O2/c25-15-19-14-20(23(28-24(19)26)21-9-5-12-29-21)18-10-11-22(27-16-18)30-13-4-8-17-6-2-1-3-7-17/h1-3,5-7,9-12,14,16H,4,8,13H2,(H2,26,28). The van der Waals surface area contributed by atoms with E-state index < -0.39 is 0 Å². The summed E-state index contributed by atoms with van der Waals surface area (Å²) in [6.45, 7) is 0.584. The largest absolute Gasteiger partial charge is 0.478 e. The molecule has 0 radical (unpaired) electrons. The number of aromatic nitrogens is 2. The number of pyridine rings is 2. The zero-order chi connectivity index (χ0) is 20.8. The van der Waals surface area contributed by atoms with Gasteiger partial charge in [-0.1, -0.05) is 30.3 Å². The molecule has 0 bridgehead atoms. The van der Waals surface area contributed by atoms with Crippen molar-refractivity contribution >= 4 is 5.82 Å². The lowest BCUT2D eigenvalue weighted by molar-refractivity contribution is 0.299. The Morgan fingerprint density at radius 2 is 1.93 bits per heavy atom. The van der Waals surface area contributed by atoms with E-state index in [0.717, 1.165) is 24.0 Å². The van der Waals surface area contributed by atoms with E-state index in [-0.39, 0.29) is 5.82 Å². The fourth-order valence-electron chi connectivity index (χ4n) is 3.16. The van der Waals surface area contributed by atoms with Crippen LogP contribution in [0.15, 0.2) is 77.5 Å². The van der Waals surface area contributed by atoms with Crippen molar-refractivity contribution in [3.63, 3.8) is 0 Å². The maximum Gasteiger partial charge on any atom is 0.213 e. The molecule has 0 amide bonds. The van der Waals surface area contributed by atoms with Crippen LogP contribution >= 0.6 is 0 Å². The number of rotatable bonds is 7. The summed E-state index contributed by atoms with van der Waals surface area (Å²) in [5, 5.41) is 9.33. The first-order valence-corrected chi connectivity index (χ1v) is 9.62. The SMILES string of the molecule is N#Cc1cc(-c2ccc(OCCCc3ccccc3)nc2)c(-c2ccco2)nc1N. The topological polar surface area (TPSA) is 98.0 Å². The first-order valence-electron chi connectivity index (χ1n) is 9.62. The number of nitrogens with zero attached hydrogens (tertiary/aromatic N) is 3. The quantitative estimate of drug-likeness (QED) is 0.448. The fraction of sp³-hybridized carbons (Fsp3) is 0.125. The molecular formula is C24H20N4O2. The minimum absolute atomic E-state index is 0.166. The van der Waals surface area contributed by atoms with E-state index in [0.29, 0.717) is 29.5 Å². The summed E-state index contributed by atoms with van der Waals surface area (Å²) in [6, 6.07) is 21.4. The molecular weight excluding hydrogens is 376 g/mol. The Morgan fingerprint density at radius 1 is 1.07 bits per heavy atom. The zero-order valence-electron chi connectivity index (χ0n) is 16.3. The number of nitrogens with two attached hydrogens (primary N) is 1. The van der Waals surface area contributed by atoms with E-state index in [4.69, 9.17) is 14.9 Å². The molecule has 0 unspecified atom stereocenters. The molecule has 4 aromatic rings. The van der Waals surface area contributed by atoms with Crippen LogP contribution in [0.4, 0.5) is 5.82 Å². The van der Waals surface area contributed by atoms with Gasteiger partial charge in [-0.3, -0.25) is 0 Å². The molecule has 30 heavy (non-hydrogen) atoms. The van der Waals surface area contributed by atoms with E-state index in [1.165, 1.54) is 5.56 Å². The van der Waals surface area contributed by atoms with Gasteiger partial charge in [-0.15, -0.1) is 0 Å². The zero-order valence-corrected chi connectivity index (χ0v) is 16.3. The van der Waals surface area contributed by atoms with E-state index >= 15 is 0 Å². The van der Waals surface area contributed by atoms with Crippen molar-refractivity contribution in [3.05, 3.63) is 84.3 Å². The maximum atomic E-state index is 9.33. The highest BCUT2D eigenvalue weighted by molar-refractivity contribution is 5.81. The van der Waals surface area contributed by atoms with Gasteiger partial charge in [0.15, 0.2) is 5.76 Å². The van der Waals surface area contributed by atoms with Crippen molar-refractivity contribution in [3.8, 4) is 34.5 Å². The summed E-state index contributed by atoms with van der Waals surface area (Å²) in [4.78, 5) is 8.78. The molecule has 2 N–H and O–H groups in total. The second-order valence-corrected chi connectivity index (χ2v) is 6.73. The first kappa shape index (κ1) is 19.2. The van der Waals surface area contributed by atoms with Gasteiger partial charge in [0.1, 0.15) is 17.6 Å². The molecule has 0 fully saturated rings. The van der Waals surface area contributed by atoms with E-state index in [1.54, 1.807) is 30.7 Å². The van der Waals surface area contributed by atoms with Crippen molar-refractivity contribution in [2.75, 3.05) is 12.3 Å². The maximum absolute atomic E-state index is 9.33. The molecule has 0 saturated carbocycles. The van der Waals surface area contributed by atoms with Crippen LogP contribution in [-0.2, 0) is 6.42 Å². The van der Waals surface area contributed by atoms with Crippen LogP contribution in [-0.4, -0.2) is 16.6 Å². The number of benzene rings is 1. The molecule has 3 heterocycles. The summed E-state index contributed by atoms with van der Waals surface area (Å²) in [5.41, 5.74) is 9.59. The number of hydrogen-bond donors (Lipinski definition) is 1. The van der Waals surface area contributed by atoms with Gasteiger partial charge < -0.3 is 14.9 Å². The Kier molecular flexibility index (Phi) is 5.72. The molecule has 0 atom stereocenters. The molecule has 0 saturated heterocycles. The second-order valence-electron chi connectivity index (χ2n) is 6.73. The highest BCUT2D eigenvalue weighted by Crippen LogP contribution is 2.33. The number of furan rings is 1. The molecule has 6 heteroatoms. The summed E-state index contributed by atoms with van der Waals surface area (Å²) in [7, 11) is 0. The third kappa shape index (κ3) is 4.31. The lowest BCUT2D eigenvalue weighted by atomic mass is 10.0. The first-order chi connectivity index (χ1) is 14.7. The minimum atomic E-state index is 0.166. The predicted octanol–water partition coefficient (Wildman–Crippen LogP) is 4.87. The van der Waals surface area contributed by atoms with Crippen molar-refractivity contribution in [2.24, 2.45) is 0 Å². The Labute approximate surface area is 174 Å². The third-order valence-corrected chi connectivity index (χ3v) is 4.68. The lowest BCUT2D eigenvalue weighted by Crippen LogP contribution is -2.01. The number of nitriles is 1. The van der Waals surface area contributed by atoms with Gasteiger partial charge in [0.05, 0.1) is 18.4 Å². The van der Waals surface area contributed by atoms with Crippen molar-refractivity contribution in [1.29, 1.82) is 5.26 Å². The summed E-state index contributed by atoms with van der Waals surface area (Å²) in [6.07, 6.45) is 5.14. The van der Waals surface area contributed by atoms with Gasteiger partial charge >= 0.3 is 0 Å². The summed E-state index contributed by atoms with van der Waals surface area (Å²) >= 11 is 0. The Balaban J connectivity index is 1.49. The molecule has 0 aliphatic carbocycles. The molecule has 0 aliphatic heterocycles. The number of hydrogen-bond acceptors (Lipinski definition) is 6. The smallest absolute Gasteiger partial charge is 0.213 e. The monoisotopic (exact) mass is 396 g/mol. The van der Waals surface area contributed by atoms with Crippen LogP contribution in [0.2, 0.25) is 0 Å². The van der Waals surface area contributed by atoms with Crippen molar-refractivity contribution < 1.29 is 9.15 Å². The van der Waals surface area contributed by atoms with Crippen molar-refractivity contribution in [2.45, 2.75) is 12.8 Å². The van der Waals surface area contributed by atoms with Crippen molar-refractivity contribution in [1.82, 2.24) is 9.97 Å². The Hall–Kier alpha value is -4.11. The molecule has 3 aromatic heterocycles. The van der Waals surface area contributed by atoms with E-state index in [2.05, 4.69) is 28.2 Å². The third-order valence-electron chi connectivity index (χ3n) is 4.68. The van der Waals surface area contributed by atoms with Gasteiger partial charge in [-0.2, -0.15) is 5.26 Å². The highest BCUT2D eigenvalue weighted by Gasteiger charge is 2.16. The average molecular weight is 396 g/mol. The molecule has 0 aliphatic rings. The number of anilines is 1. The normalized spacial score (nSPS) is 10.5. The van der Waals surface area contributed by atoms with E-state index in [9.17, 15) is 5.26 Å². The van der Waals surface area contributed by atoms with E-state index in [1.807, 2.05) is 30.3 Å². The Morgan fingerprint density at radius 3 is 2.63 bits per heavy atom. The lowest BCUT2D eigenvalue weighted by Gasteiger charge is -2.10. The van der Waals surface area contributed by atoms with Crippen LogP contribution in [0.5, 0.6) is 5.88 Å².